The Balaban J connectivity index is 1.86. The van der Waals surface area contributed by atoms with Crippen LogP contribution in [0.3, 0.4) is 0 Å². The molecule has 0 aliphatic rings. The minimum Gasteiger partial charge on any atom is -0.0735 e. The maximum atomic E-state index is 2.52. The molecule has 2 aromatic rings. The van der Waals surface area contributed by atoms with Gasteiger partial charge in [0.15, 0.2) is 0 Å². The summed E-state index contributed by atoms with van der Waals surface area (Å²) < 4.78 is 0. The Morgan fingerprint density at radius 2 is 1.00 bits per heavy atom. The van der Waals surface area contributed by atoms with Crippen LogP contribution in [0.25, 0.3) is 0 Å². The molecule has 0 N–H and O–H groups in total. The summed E-state index contributed by atoms with van der Waals surface area (Å²) in [6.07, 6.45) is 2.55. The van der Waals surface area contributed by atoms with Crippen molar-refractivity contribution >= 4 is 16.6 Å². The minimum absolute atomic E-state index is 0.126. The van der Waals surface area contributed by atoms with E-state index in [9.17, 15) is 0 Å². The van der Waals surface area contributed by atoms with Gasteiger partial charge in [0, 0.05) is 16.6 Å². The Kier molecular flexibility index (Phi) is 6.65. The van der Waals surface area contributed by atoms with Crippen molar-refractivity contribution in [2.24, 2.45) is 0 Å². The van der Waals surface area contributed by atoms with Crippen LogP contribution in [0.5, 0.6) is 0 Å². The largest absolute Gasteiger partial charge is 0.0735 e. The van der Waals surface area contributed by atoms with Crippen LogP contribution >= 0.6 is 0 Å². The van der Waals surface area contributed by atoms with Crippen LogP contribution in [0.4, 0.5) is 0 Å². The number of hydrogen-bond acceptors (Lipinski definition) is 0. The van der Waals surface area contributed by atoms with Crippen molar-refractivity contribution in [1.29, 1.82) is 0 Å². The Labute approximate surface area is 139 Å². The van der Waals surface area contributed by atoms with Crippen molar-refractivity contribution in [3.63, 3.8) is 0 Å². The van der Waals surface area contributed by atoms with E-state index in [1.165, 1.54) is 47.2 Å². The van der Waals surface area contributed by atoms with E-state index in [0.29, 0.717) is 0 Å². The van der Waals surface area contributed by atoms with Crippen LogP contribution in [-0.2, 0) is 12.8 Å². The van der Waals surface area contributed by atoms with Gasteiger partial charge in [-0.1, -0.05) is 84.8 Å². The third kappa shape index (κ3) is 5.58. The summed E-state index contributed by atoms with van der Waals surface area (Å²) in [7, 11) is -0.301. The summed E-state index contributed by atoms with van der Waals surface area (Å²) in [5.74, 6) is 0. The Bertz CT molecular complexity index is 506. The SMILES string of the molecule is Cc1ccc(CC[Si](CCc2ccc(C)cc2)[Si](C)C)cc1. The number of rotatable bonds is 7. The fourth-order valence-corrected chi connectivity index (χ4v) is 8.91. The molecule has 0 aliphatic carbocycles. The van der Waals surface area contributed by atoms with Crippen LogP contribution in [-0.4, -0.2) is 16.6 Å². The highest BCUT2D eigenvalue weighted by molar-refractivity contribution is 7.21. The van der Waals surface area contributed by atoms with Crippen molar-refractivity contribution < 1.29 is 0 Å². The quantitative estimate of drug-likeness (QED) is 0.597. The minimum atomic E-state index is -0.175. The zero-order chi connectivity index (χ0) is 15.9. The van der Waals surface area contributed by atoms with Gasteiger partial charge in [-0.15, -0.1) is 0 Å². The van der Waals surface area contributed by atoms with Gasteiger partial charge in [0.1, 0.15) is 0 Å². The standard InChI is InChI=1S/C20H28Si2/c1-17-5-9-19(10-6-17)13-15-22(21(3)4)16-14-20-11-7-18(2)8-12-20/h5-12H,13-16H2,1-4H3. The molecule has 0 heterocycles. The fourth-order valence-electron chi connectivity index (χ4n) is 2.72. The molecule has 0 bridgehead atoms. The Morgan fingerprint density at radius 1 is 0.636 bits per heavy atom. The van der Waals surface area contributed by atoms with Gasteiger partial charge < -0.3 is 0 Å². The average molecular weight is 325 g/mol. The lowest BCUT2D eigenvalue weighted by Gasteiger charge is -2.18. The van der Waals surface area contributed by atoms with Crippen LogP contribution in [0, 0.1) is 13.8 Å². The zero-order valence-corrected chi connectivity index (χ0v) is 16.4. The molecule has 2 rings (SSSR count). The van der Waals surface area contributed by atoms with Gasteiger partial charge in [-0.25, -0.2) is 0 Å². The molecule has 0 saturated carbocycles. The average Bonchev–Trinajstić information content (AvgIpc) is 2.50. The summed E-state index contributed by atoms with van der Waals surface area (Å²) in [5.41, 5.74) is 5.77. The molecule has 0 fully saturated rings. The van der Waals surface area contributed by atoms with E-state index in [1.807, 2.05) is 0 Å². The van der Waals surface area contributed by atoms with Gasteiger partial charge >= 0.3 is 0 Å². The van der Waals surface area contributed by atoms with Crippen LogP contribution in [0.1, 0.15) is 22.3 Å². The molecule has 0 nitrogen and oxygen atoms in total. The third-order valence-corrected chi connectivity index (χ3v) is 13.2. The van der Waals surface area contributed by atoms with E-state index >= 15 is 0 Å². The lowest BCUT2D eigenvalue weighted by atomic mass is 10.1. The summed E-state index contributed by atoms with van der Waals surface area (Å²) >= 11 is 0. The molecule has 2 radical (unpaired) electrons. The van der Waals surface area contributed by atoms with E-state index in [-0.39, 0.29) is 16.6 Å². The summed E-state index contributed by atoms with van der Waals surface area (Å²) in [4.78, 5) is 0. The van der Waals surface area contributed by atoms with Gasteiger partial charge in [-0.3, -0.25) is 0 Å². The molecule has 0 unspecified atom stereocenters. The smallest absolute Gasteiger partial charge is 0.0379 e. The number of hydrogen-bond donors (Lipinski definition) is 0. The summed E-state index contributed by atoms with van der Waals surface area (Å²) in [6.45, 7) is 9.37. The first-order valence-electron chi connectivity index (χ1n) is 8.31. The second-order valence-corrected chi connectivity index (χ2v) is 15.9. The van der Waals surface area contributed by atoms with Gasteiger partial charge in [0.25, 0.3) is 0 Å². The van der Waals surface area contributed by atoms with Crippen molar-refractivity contribution in [2.75, 3.05) is 0 Å². The van der Waals surface area contributed by atoms with Gasteiger partial charge in [-0.05, 0) is 37.8 Å². The highest BCUT2D eigenvalue weighted by atomic mass is 29.2. The summed E-state index contributed by atoms with van der Waals surface area (Å²) in [6, 6.07) is 21.1. The van der Waals surface area contributed by atoms with Crippen molar-refractivity contribution in [1.82, 2.24) is 0 Å². The first-order valence-corrected chi connectivity index (χ1v) is 13.7. The molecular weight excluding hydrogens is 296 g/mol. The first kappa shape index (κ1) is 17.2. The van der Waals surface area contributed by atoms with Crippen LogP contribution in [0.15, 0.2) is 48.5 Å². The maximum Gasteiger partial charge on any atom is 0.0379 e. The van der Waals surface area contributed by atoms with Crippen molar-refractivity contribution in [2.45, 2.75) is 51.9 Å². The molecule has 0 saturated heterocycles. The Morgan fingerprint density at radius 3 is 1.32 bits per heavy atom. The fraction of sp³-hybridized carbons (Fsp3) is 0.400. The van der Waals surface area contributed by atoms with Crippen molar-refractivity contribution in [3.8, 4) is 0 Å². The molecule has 2 heteroatoms. The topological polar surface area (TPSA) is 0 Å². The first-order chi connectivity index (χ1) is 10.5. The lowest BCUT2D eigenvalue weighted by Crippen LogP contribution is -2.30. The van der Waals surface area contributed by atoms with Gasteiger partial charge in [0.2, 0.25) is 0 Å². The molecule has 116 valence electrons. The van der Waals surface area contributed by atoms with Crippen molar-refractivity contribution in [3.05, 3.63) is 70.8 Å². The molecule has 0 aromatic heterocycles. The molecule has 0 spiro atoms. The molecule has 2 aromatic carbocycles. The molecule has 0 atom stereocenters. The highest BCUT2D eigenvalue weighted by Gasteiger charge is 2.16. The highest BCUT2D eigenvalue weighted by Crippen LogP contribution is 2.15. The lowest BCUT2D eigenvalue weighted by molar-refractivity contribution is 1.06. The van der Waals surface area contributed by atoms with E-state index in [0.717, 1.165) is 0 Å². The zero-order valence-electron chi connectivity index (χ0n) is 14.4. The van der Waals surface area contributed by atoms with Gasteiger partial charge in [0.05, 0.1) is 0 Å². The second kappa shape index (κ2) is 8.49. The van der Waals surface area contributed by atoms with E-state index < -0.39 is 0 Å². The Hall–Kier alpha value is -1.13. The number of aryl methyl sites for hydroxylation is 4. The molecular formula is C20H28Si2. The predicted molar refractivity (Wildman–Crippen MR) is 103 cm³/mol. The van der Waals surface area contributed by atoms with E-state index in [4.69, 9.17) is 0 Å². The van der Waals surface area contributed by atoms with Gasteiger partial charge in [-0.2, -0.15) is 0 Å². The predicted octanol–water partition coefficient (Wildman–Crippen LogP) is 5.42. The maximum absolute atomic E-state index is 2.52. The third-order valence-electron chi connectivity index (χ3n) is 4.38. The van der Waals surface area contributed by atoms with E-state index in [2.05, 4.69) is 75.5 Å². The molecule has 0 amide bonds. The second-order valence-electron chi connectivity index (χ2n) is 6.57. The van der Waals surface area contributed by atoms with Crippen LogP contribution in [0.2, 0.25) is 25.2 Å². The van der Waals surface area contributed by atoms with E-state index in [1.54, 1.807) is 0 Å². The number of benzene rings is 2. The molecule has 22 heavy (non-hydrogen) atoms. The molecule has 0 aliphatic heterocycles. The normalized spacial score (nSPS) is 11.4. The monoisotopic (exact) mass is 324 g/mol. The van der Waals surface area contributed by atoms with Crippen LogP contribution < -0.4 is 0 Å². The summed E-state index contributed by atoms with van der Waals surface area (Å²) in [5, 5.41) is 0.